The number of aromatic carboxylic acids is 2. The van der Waals surface area contributed by atoms with Crippen molar-refractivity contribution in [3.63, 3.8) is 0 Å². The van der Waals surface area contributed by atoms with Gasteiger partial charge in [0, 0.05) is 0 Å². The predicted octanol–water partition coefficient (Wildman–Crippen LogP) is 4.10. The van der Waals surface area contributed by atoms with Crippen molar-refractivity contribution in [3.8, 4) is 0 Å². The van der Waals surface area contributed by atoms with Crippen molar-refractivity contribution in [3.05, 3.63) is 35.4 Å². The highest BCUT2D eigenvalue weighted by Crippen LogP contribution is 2.25. The second-order valence-corrected chi connectivity index (χ2v) is 36.0. The fourth-order valence-corrected chi connectivity index (χ4v) is 12.9. The minimum atomic E-state index is -4.05. The van der Waals surface area contributed by atoms with Crippen molar-refractivity contribution in [2.75, 3.05) is 0 Å². The van der Waals surface area contributed by atoms with Crippen LogP contribution in [0.15, 0.2) is 34.1 Å². The second kappa shape index (κ2) is 9.74. The summed E-state index contributed by atoms with van der Waals surface area (Å²) >= 11 is 0. The van der Waals surface area contributed by atoms with Crippen LogP contribution in [-0.2, 0) is 9.84 Å². The fraction of sp³-hybridized carbons (Fsp3) is 0.462. The molecule has 0 aliphatic carbocycles. The van der Waals surface area contributed by atoms with Crippen molar-refractivity contribution < 1.29 is 28.2 Å². The molecule has 0 fully saturated rings. The maximum atomic E-state index is 14.3. The van der Waals surface area contributed by atoms with Crippen LogP contribution in [0, 0.1) is 0 Å². The highest BCUT2D eigenvalue weighted by atomic mass is 32.2. The molecule has 6 nitrogen and oxygen atoms in total. The molecule has 37 heavy (non-hydrogen) atoms. The summed E-state index contributed by atoms with van der Waals surface area (Å²) < 4.78 is 28.6. The van der Waals surface area contributed by atoms with Crippen LogP contribution in [0.5, 0.6) is 0 Å². The SMILES string of the molecule is C[Si](C)(C)c1cc(S(=O)(=O)c2cc([Si](C)(C)C)c(C(=O)O)c([Si](C)(C)C)c2)cc([Si](C)(C)C)c1C(=O)O. The lowest BCUT2D eigenvalue weighted by molar-refractivity contribution is 0.0688. The van der Waals surface area contributed by atoms with E-state index in [9.17, 15) is 28.2 Å². The molecule has 0 atom stereocenters. The van der Waals surface area contributed by atoms with Gasteiger partial charge >= 0.3 is 11.9 Å². The number of carboxylic acid groups (broad SMARTS) is 2. The standard InChI is InChI=1S/C26H42O6SSi4/c1-34(2,3)19-13-17(14-20(35(4,5)6)23(19)25(27)28)33(31,32)18-15-21(36(7,8)9)24(26(29)30)22(16-18)37(10,11)12/h13-16H,1-12H3,(H,27,28)(H,29,30). The van der Waals surface area contributed by atoms with Crippen LogP contribution in [-0.4, -0.2) is 62.9 Å². The van der Waals surface area contributed by atoms with Gasteiger partial charge in [-0.05, 0) is 45.0 Å². The Bertz CT molecular complexity index is 1200. The third-order valence-corrected chi connectivity index (χ3v) is 16.3. The molecule has 0 saturated carbocycles. The third kappa shape index (κ3) is 6.44. The molecule has 0 bridgehead atoms. The Hall–Kier alpha value is -1.80. The monoisotopic (exact) mass is 594 g/mol. The molecule has 0 spiro atoms. The number of benzene rings is 2. The molecule has 2 aromatic rings. The number of carbonyl (C=O) groups is 2. The molecule has 0 amide bonds. The van der Waals surface area contributed by atoms with E-state index in [1.807, 2.05) is 78.6 Å². The predicted molar refractivity (Wildman–Crippen MR) is 164 cm³/mol. The summed E-state index contributed by atoms with van der Waals surface area (Å²) in [6.45, 7) is 24.3. The lowest BCUT2D eigenvalue weighted by atomic mass is 10.2. The van der Waals surface area contributed by atoms with Crippen LogP contribution in [0.1, 0.15) is 20.7 Å². The summed E-state index contributed by atoms with van der Waals surface area (Å²) in [4.78, 5) is 25.0. The number of rotatable bonds is 8. The molecule has 0 unspecified atom stereocenters. The van der Waals surface area contributed by atoms with Crippen molar-refractivity contribution in [2.24, 2.45) is 0 Å². The van der Waals surface area contributed by atoms with E-state index in [-0.39, 0.29) is 20.9 Å². The Balaban J connectivity index is 3.13. The van der Waals surface area contributed by atoms with E-state index in [0.29, 0.717) is 20.7 Å². The molecule has 0 heterocycles. The van der Waals surface area contributed by atoms with E-state index < -0.39 is 54.1 Å². The van der Waals surface area contributed by atoms with Crippen LogP contribution in [0.3, 0.4) is 0 Å². The Morgan fingerprint density at radius 3 is 0.838 bits per heavy atom. The van der Waals surface area contributed by atoms with Crippen LogP contribution in [0.2, 0.25) is 78.6 Å². The summed E-state index contributed by atoms with van der Waals surface area (Å²) in [5.41, 5.74) is 0.508. The first-order valence-electron chi connectivity index (χ1n) is 12.4. The molecule has 2 N–H and O–H groups in total. The van der Waals surface area contributed by atoms with Gasteiger partial charge in [0.1, 0.15) is 0 Å². The molecular weight excluding hydrogens is 553 g/mol. The van der Waals surface area contributed by atoms with Crippen LogP contribution >= 0.6 is 0 Å². The average molecular weight is 595 g/mol. The Kier molecular flexibility index (Phi) is 8.27. The Morgan fingerprint density at radius 1 is 0.514 bits per heavy atom. The van der Waals surface area contributed by atoms with Gasteiger partial charge in [0.2, 0.25) is 9.84 Å². The maximum absolute atomic E-state index is 14.3. The quantitative estimate of drug-likeness (QED) is 0.446. The third-order valence-electron chi connectivity index (χ3n) is 6.50. The minimum Gasteiger partial charge on any atom is -0.478 e. The molecule has 11 heteroatoms. The normalized spacial score (nSPS) is 13.5. The first kappa shape index (κ1) is 31.4. The molecule has 204 valence electrons. The summed E-state index contributed by atoms with van der Waals surface area (Å²) in [5, 5.41) is 22.8. The molecule has 0 aromatic heterocycles. The van der Waals surface area contributed by atoms with Crippen LogP contribution < -0.4 is 20.7 Å². The van der Waals surface area contributed by atoms with Gasteiger partial charge in [-0.3, -0.25) is 0 Å². The molecule has 2 rings (SSSR count). The van der Waals surface area contributed by atoms with E-state index in [2.05, 4.69) is 0 Å². The van der Waals surface area contributed by atoms with Gasteiger partial charge in [0.25, 0.3) is 0 Å². The lowest BCUT2D eigenvalue weighted by Gasteiger charge is -2.29. The summed E-state index contributed by atoms with van der Waals surface area (Å²) in [6.07, 6.45) is 0. The first-order chi connectivity index (χ1) is 16.3. The van der Waals surface area contributed by atoms with Gasteiger partial charge < -0.3 is 10.2 Å². The van der Waals surface area contributed by atoms with Crippen molar-refractivity contribution in [1.29, 1.82) is 0 Å². The average Bonchev–Trinajstić information content (AvgIpc) is 2.68. The number of carboxylic acids is 2. The zero-order chi connectivity index (χ0) is 29.1. The van der Waals surface area contributed by atoms with E-state index in [1.54, 1.807) is 24.3 Å². The summed E-state index contributed by atoms with van der Waals surface area (Å²) in [7, 11) is -13.1. The molecule has 0 radical (unpaired) electrons. The van der Waals surface area contributed by atoms with Crippen LogP contribution in [0.4, 0.5) is 0 Å². The molecule has 0 saturated heterocycles. The fourth-order valence-electron chi connectivity index (χ4n) is 4.50. The zero-order valence-electron chi connectivity index (χ0n) is 24.2. The minimum absolute atomic E-state index is 0.0958. The van der Waals surface area contributed by atoms with Gasteiger partial charge in [0.15, 0.2) is 0 Å². The summed E-state index contributed by atoms with van der Waals surface area (Å²) in [5.74, 6) is -2.04. The maximum Gasteiger partial charge on any atom is 0.335 e. The lowest BCUT2D eigenvalue weighted by Crippen LogP contribution is -2.51. The van der Waals surface area contributed by atoms with E-state index in [1.165, 1.54) is 0 Å². The van der Waals surface area contributed by atoms with E-state index in [0.717, 1.165) is 0 Å². The van der Waals surface area contributed by atoms with Gasteiger partial charge in [-0.2, -0.15) is 0 Å². The molecule has 0 aliphatic heterocycles. The molecular formula is C26H42O6SSi4. The topological polar surface area (TPSA) is 109 Å². The highest BCUT2D eigenvalue weighted by molar-refractivity contribution is 7.91. The molecule has 0 aliphatic rings. The largest absolute Gasteiger partial charge is 0.478 e. The van der Waals surface area contributed by atoms with Gasteiger partial charge in [-0.15, -0.1) is 0 Å². The highest BCUT2D eigenvalue weighted by Gasteiger charge is 2.37. The Morgan fingerprint density at radius 2 is 0.703 bits per heavy atom. The van der Waals surface area contributed by atoms with Crippen molar-refractivity contribution >= 4 is 74.8 Å². The first-order valence-corrected chi connectivity index (χ1v) is 27.9. The van der Waals surface area contributed by atoms with E-state index in [4.69, 9.17) is 0 Å². The number of sulfone groups is 1. The molecule has 2 aromatic carbocycles. The van der Waals surface area contributed by atoms with Crippen molar-refractivity contribution in [1.82, 2.24) is 0 Å². The van der Waals surface area contributed by atoms with Gasteiger partial charge in [-0.1, -0.05) is 78.6 Å². The van der Waals surface area contributed by atoms with E-state index >= 15 is 0 Å². The number of hydrogen-bond acceptors (Lipinski definition) is 4. The second-order valence-electron chi connectivity index (χ2n) is 13.9. The van der Waals surface area contributed by atoms with Crippen LogP contribution in [0.25, 0.3) is 0 Å². The van der Waals surface area contributed by atoms with Crippen molar-refractivity contribution in [2.45, 2.75) is 88.4 Å². The summed E-state index contributed by atoms with van der Waals surface area (Å²) in [6, 6.07) is 6.29. The number of hydrogen-bond donors (Lipinski definition) is 2. The van der Waals surface area contributed by atoms with Gasteiger partial charge in [-0.25, -0.2) is 18.0 Å². The zero-order valence-corrected chi connectivity index (χ0v) is 29.1. The Labute approximate surface area is 226 Å². The van der Waals surface area contributed by atoms with Gasteiger partial charge in [0.05, 0.1) is 53.2 Å². The smallest absolute Gasteiger partial charge is 0.335 e.